The molecule has 0 radical (unpaired) electrons. The third-order valence-electron chi connectivity index (χ3n) is 2.46. The standard InChI is InChI=1S/C12H15N/c1-9-3-2-4-10(5-9)6-11-7-12(13)8-11/h2-6,12H,7-8,13H2,1H3. The third kappa shape index (κ3) is 1.99. The van der Waals surface area contributed by atoms with Crippen molar-refractivity contribution in [2.45, 2.75) is 25.8 Å². The van der Waals surface area contributed by atoms with Crippen LogP contribution < -0.4 is 5.73 Å². The molecule has 1 aliphatic rings. The molecule has 0 aliphatic heterocycles. The Morgan fingerprint density at radius 2 is 2.15 bits per heavy atom. The number of hydrogen-bond acceptors (Lipinski definition) is 1. The van der Waals surface area contributed by atoms with Gasteiger partial charge in [-0.2, -0.15) is 0 Å². The van der Waals surface area contributed by atoms with Gasteiger partial charge in [-0.25, -0.2) is 0 Å². The monoisotopic (exact) mass is 173 g/mol. The van der Waals surface area contributed by atoms with Gasteiger partial charge in [0.15, 0.2) is 0 Å². The first-order valence-electron chi connectivity index (χ1n) is 4.76. The lowest BCUT2D eigenvalue weighted by molar-refractivity contribution is 0.547. The van der Waals surface area contributed by atoms with Crippen LogP contribution in [-0.4, -0.2) is 6.04 Å². The van der Waals surface area contributed by atoms with E-state index < -0.39 is 0 Å². The molecule has 1 aliphatic carbocycles. The van der Waals surface area contributed by atoms with Crippen LogP contribution in [0.1, 0.15) is 24.0 Å². The summed E-state index contributed by atoms with van der Waals surface area (Å²) >= 11 is 0. The fraction of sp³-hybridized carbons (Fsp3) is 0.333. The molecule has 0 amide bonds. The van der Waals surface area contributed by atoms with Crippen LogP contribution in [0.5, 0.6) is 0 Å². The Morgan fingerprint density at radius 3 is 2.77 bits per heavy atom. The average Bonchev–Trinajstić information content (AvgIpc) is 2.01. The summed E-state index contributed by atoms with van der Waals surface area (Å²) in [5.74, 6) is 0. The molecule has 68 valence electrons. The Kier molecular flexibility index (Phi) is 2.19. The molecule has 1 fully saturated rings. The van der Waals surface area contributed by atoms with E-state index in [2.05, 4.69) is 37.3 Å². The van der Waals surface area contributed by atoms with Gasteiger partial charge in [-0.05, 0) is 25.3 Å². The highest BCUT2D eigenvalue weighted by Crippen LogP contribution is 2.26. The maximum absolute atomic E-state index is 5.71. The Morgan fingerprint density at radius 1 is 1.38 bits per heavy atom. The van der Waals surface area contributed by atoms with Crippen LogP contribution in [0.2, 0.25) is 0 Å². The van der Waals surface area contributed by atoms with Crippen molar-refractivity contribution in [1.29, 1.82) is 0 Å². The second kappa shape index (κ2) is 3.35. The Hall–Kier alpha value is -1.08. The number of aryl methyl sites for hydroxylation is 1. The quantitative estimate of drug-likeness (QED) is 0.693. The molecular formula is C12H15N. The van der Waals surface area contributed by atoms with Crippen molar-refractivity contribution in [1.82, 2.24) is 0 Å². The van der Waals surface area contributed by atoms with E-state index in [0.29, 0.717) is 6.04 Å². The fourth-order valence-electron chi connectivity index (χ4n) is 1.73. The SMILES string of the molecule is Cc1cccc(C=C2CC(N)C2)c1. The van der Waals surface area contributed by atoms with E-state index in [0.717, 1.165) is 12.8 Å². The molecule has 0 atom stereocenters. The first-order chi connectivity index (χ1) is 6.24. The molecule has 1 heteroatoms. The summed E-state index contributed by atoms with van der Waals surface area (Å²) in [4.78, 5) is 0. The summed E-state index contributed by atoms with van der Waals surface area (Å²) in [6, 6.07) is 8.98. The molecule has 1 saturated carbocycles. The topological polar surface area (TPSA) is 26.0 Å². The molecule has 2 N–H and O–H groups in total. The number of nitrogens with two attached hydrogens (primary N) is 1. The summed E-state index contributed by atoms with van der Waals surface area (Å²) < 4.78 is 0. The van der Waals surface area contributed by atoms with E-state index in [1.165, 1.54) is 16.7 Å². The molecule has 13 heavy (non-hydrogen) atoms. The van der Waals surface area contributed by atoms with Crippen LogP contribution in [0.15, 0.2) is 29.8 Å². The van der Waals surface area contributed by atoms with E-state index in [1.807, 2.05) is 0 Å². The van der Waals surface area contributed by atoms with Crippen LogP contribution in [0, 0.1) is 6.92 Å². The number of hydrogen-bond donors (Lipinski definition) is 1. The van der Waals surface area contributed by atoms with Gasteiger partial charge in [-0.3, -0.25) is 0 Å². The van der Waals surface area contributed by atoms with Crippen molar-refractivity contribution in [3.63, 3.8) is 0 Å². The Balaban J connectivity index is 2.14. The molecule has 0 aromatic heterocycles. The van der Waals surface area contributed by atoms with Gasteiger partial charge in [-0.1, -0.05) is 41.5 Å². The number of rotatable bonds is 1. The van der Waals surface area contributed by atoms with Crippen LogP contribution in [0.4, 0.5) is 0 Å². The first kappa shape index (κ1) is 8.52. The van der Waals surface area contributed by atoms with Crippen LogP contribution >= 0.6 is 0 Å². The zero-order valence-electron chi connectivity index (χ0n) is 7.96. The van der Waals surface area contributed by atoms with Crippen molar-refractivity contribution in [2.75, 3.05) is 0 Å². The Labute approximate surface area is 79.3 Å². The molecule has 0 saturated heterocycles. The van der Waals surface area contributed by atoms with Crippen molar-refractivity contribution in [2.24, 2.45) is 5.73 Å². The first-order valence-corrected chi connectivity index (χ1v) is 4.76. The molecule has 1 aromatic carbocycles. The molecule has 1 aromatic rings. The lowest BCUT2D eigenvalue weighted by atomic mass is 9.86. The minimum Gasteiger partial charge on any atom is -0.327 e. The molecule has 2 rings (SSSR count). The van der Waals surface area contributed by atoms with Gasteiger partial charge in [0.2, 0.25) is 0 Å². The van der Waals surface area contributed by atoms with E-state index in [1.54, 1.807) is 0 Å². The molecule has 0 unspecified atom stereocenters. The normalized spacial score (nSPS) is 21.1. The largest absolute Gasteiger partial charge is 0.327 e. The summed E-state index contributed by atoms with van der Waals surface area (Å²) in [7, 11) is 0. The highest BCUT2D eigenvalue weighted by atomic mass is 14.7. The fourth-order valence-corrected chi connectivity index (χ4v) is 1.73. The highest BCUT2D eigenvalue weighted by molar-refractivity contribution is 5.55. The molecule has 0 bridgehead atoms. The number of benzene rings is 1. The lowest BCUT2D eigenvalue weighted by Gasteiger charge is -2.25. The molecular weight excluding hydrogens is 158 g/mol. The van der Waals surface area contributed by atoms with Crippen molar-refractivity contribution in [3.8, 4) is 0 Å². The zero-order valence-corrected chi connectivity index (χ0v) is 7.96. The second-order valence-corrected chi connectivity index (χ2v) is 3.89. The van der Waals surface area contributed by atoms with E-state index >= 15 is 0 Å². The van der Waals surface area contributed by atoms with E-state index in [-0.39, 0.29) is 0 Å². The maximum atomic E-state index is 5.71. The predicted molar refractivity (Wildman–Crippen MR) is 56.4 cm³/mol. The van der Waals surface area contributed by atoms with E-state index in [4.69, 9.17) is 5.73 Å². The summed E-state index contributed by atoms with van der Waals surface area (Å²) in [6.07, 6.45) is 4.41. The van der Waals surface area contributed by atoms with Crippen LogP contribution in [0.3, 0.4) is 0 Å². The van der Waals surface area contributed by atoms with Crippen LogP contribution in [0.25, 0.3) is 6.08 Å². The van der Waals surface area contributed by atoms with Gasteiger partial charge >= 0.3 is 0 Å². The molecule has 0 heterocycles. The van der Waals surface area contributed by atoms with Crippen molar-refractivity contribution < 1.29 is 0 Å². The summed E-state index contributed by atoms with van der Waals surface area (Å²) in [6.45, 7) is 2.12. The molecule has 0 spiro atoms. The third-order valence-corrected chi connectivity index (χ3v) is 2.46. The second-order valence-electron chi connectivity index (χ2n) is 3.89. The summed E-state index contributed by atoms with van der Waals surface area (Å²) in [5, 5.41) is 0. The van der Waals surface area contributed by atoms with Crippen molar-refractivity contribution >= 4 is 6.08 Å². The van der Waals surface area contributed by atoms with Gasteiger partial charge < -0.3 is 5.73 Å². The highest BCUT2D eigenvalue weighted by Gasteiger charge is 2.17. The van der Waals surface area contributed by atoms with Gasteiger partial charge in [0.05, 0.1) is 0 Å². The minimum atomic E-state index is 0.413. The maximum Gasteiger partial charge on any atom is 0.0114 e. The lowest BCUT2D eigenvalue weighted by Crippen LogP contribution is -2.29. The van der Waals surface area contributed by atoms with Crippen LogP contribution in [-0.2, 0) is 0 Å². The minimum absolute atomic E-state index is 0.413. The average molecular weight is 173 g/mol. The van der Waals surface area contributed by atoms with Gasteiger partial charge in [-0.15, -0.1) is 0 Å². The smallest absolute Gasteiger partial charge is 0.0114 e. The van der Waals surface area contributed by atoms with Gasteiger partial charge in [0, 0.05) is 6.04 Å². The Bertz CT molecular complexity index is 331. The van der Waals surface area contributed by atoms with E-state index in [9.17, 15) is 0 Å². The van der Waals surface area contributed by atoms with Crippen molar-refractivity contribution in [3.05, 3.63) is 41.0 Å². The summed E-state index contributed by atoms with van der Waals surface area (Å²) in [5.41, 5.74) is 9.82. The van der Waals surface area contributed by atoms with Gasteiger partial charge in [0.25, 0.3) is 0 Å². The molecule has 1 nitrogen and oxygen atoms in total. The predicted octanol–water partition coefficient (Wildman–Crippen LogP) is 2.50. The zero-order chi connectivity index (χ0) is 9.26. The van der Waals surface area contributed by atoms with Gasteiger partial charge in [0.1, 0.15) is 0 Å².